The van der Waals surface area contributed by atoms with E-state index >= 15 is 0 Å². The fraction of sp³-hybridized carbons (Fsp3) is 0.600. The van der Waals surface area contributed by atoms with E-state index in [1.54, 1.807) is 11.3 Å². The fourth-order valence-electron chi connectivity index (χ4n) is 4.23. The highest BCUT2D eigenvalue weighted by molar-refractivity contribution is 7.22. The number of para-hydroxylation sites is 1. The first-order valence-electron chi connectivity index (χ1n) is 9.87. The van der Waals surface area contributed by atoms with Crippen LogP contribution in [0.4, 0.5) is 5.13 Å². The molecule has 26 heavy (non-hydrogen) atoms. The van der Waals surface area contributed by atoms with Crippen molar-refractivity contribution in [1.29, 1.82) is 0 Å². The normalized spacial score (nSPS) is 20.0. The Bertz CT molecular complexity index is 714. The molecule has 1 aliphatic carbocycles. The molecule has 1 saturated heterocycles. The van der Waals surface area contributed by atoms with Gasteiger partial charge in [-0.05, 0) is 31.9 Å². The molecule has 6 heteroatoms. The number of carbonyl (C=O) groups is 1. The van der Waals surface area contributed by atoms with Crippen molar-refractivity contribution in [2.24, 2.45) is 0 Å². The summed E-state index contributed by atoms with van der Waals surface area (Å²) >= 11 is 1.60. The van der Waals surface area contributed by atoms with Crippen LogP contribution in [-0.2, 0) is 4.79 Å². The molecule has 1 aliphatic heterocycles. The molecule has 2 heterocycles. The van der Waals surface area contributed by atoms with Crippen LogP contribution in [0.3, 0.4) is 0 Å². The maximum absolute atomic E-state index is 12.9. The Labute approximate surface area is 159 Å². The second-order valence-corrected chi connectivity index (χ2v) is 8.36. The molecule has 0 spiro atoms. The third-order valence-electron chi connectivity index (χ3n) is 5.74. The molecule has 5 nitrogen and oxygen atoms in total. The van der Waals surface area contributed by atoms with E-state index in [1.807, 2.05) is 30.0 Å². The number of piperazine rings is 1. The molecule has 1 aromatic carbocycles. The van der Waals surface area contributed by atoms with Gasteiger partial charge in [-0.2, -0.15) is 0 Å². The van der Waals surface area contributed by atoms with Crippen LogP contribution in [0.5, 0.6) is 0 Å². The average Bonchev–Trinajstić information content (AvgIpc) is 3.32. The van der Waals surface area contributed by atoms with Crippen molar-refractivity contribution in [1.82, 2.24) is 14.8 Å². The Hall–Kier alpha value is -1.50. The molecule has 1 aromatic heterocycles. The van der Waals surface area contributed by atoms with Gasteiger partial charge in [-0.3, -0.25) is 19.5 Å². The van der Waals surface area contributed by atoms with E-state index in [4.69, 9.17) is 0 Å². The van der Waals surface area contributed by atoms with E-state index in [-0.39, 0.29) is 5.91 Å². The van der Waals surface area contributed by atoms with E-state index in [2.05, 4.69) is 20.9 Å². The summed E-state index contributed by atoms with van der Waals surface area (Å²) in [5.74, 6) is 0.167. The van der Waals surface area contributed by atoms with Crippen LogP contribution in [0, 0.1) is 0 Å². The SMILES string of the molecule is CCN(C(=O)CN1CCN(C2CCCC2)CC1)c1nc2ccccc2s1. The number of carbonyl (C=O) groups excluding carboxylic acids is 1. The zero-order valence-corrected chi connectivity index (χ0v) is 16.4. The predicted octanol–water partition coefficient (Wildman–Crippen LogP) is 3.21. The molecule has 0 atom stereocenters. The monoisotopic (exact) mass is 372 g/mol. The van der Waals surface area contributed by atoms with Gasteiger partial charge in [0.05, 0.1) is 16.8 Å². The van der Waals surface area contributed by atoms with Gasteiger partial charge < -0.3 is 0 Å². The quantitative estimate of drug-likeness (QED) is 0.808. The highest BCUT2D eigenvalue weighted by Crippen LogP contribution is 2.29. The number of benzene rings is 1. The summed E-state index contributed by atoms with van der Waals surface area (Å²) in [7, 11) is 0. The number of anilines is 1. The molecule has 1 amide bonds. The lowest BCUT2D eigenvalue weighted by Gasteiger charge is -2.38. The molecule has 4 rings (SSSR count). The van der Waals surface area contributed by atoms with Crippen LogP contribution in [0.2, 0.25) is 0 Å². The summed E-state index contributed by atoms with van der Waals surface area (Å²) < 4.78 is 1.14. The van der Waals surface area contributed by atoms with Crippen molar-refractivity contribution in [3.63, 3.8) is 0 Å². The number of hydrogen-bond acceptors (Lipinski definition) is 5. The number of thiazole rings is 1. The molecule has 2 aromatic rings. The van der Waals surface area contributed by atoms with Gasteiger partial charge in [0, 0.05) is 38.8 Å². The maximum atomic E-state index is 12.9. The maximum Gasteiger partial charge on any atom is 0.242 e. The lowest BCUT2D eigenvalue weighted by molar-refractivity contribution is -0.120. The smallest absolute Gasteiger partial charge is 0.242 e. The third kappa shape index (κ3) is 3.77. The van der Waals surface area contributed by atoms with Gasteiger partial charge >= 0.3 is 0 Å². The summed E-state index contributed by atoms with van der Waals surface area (Å²) in [6.45, 7) is 7.40. The van der Waals surface area contributed by atoms with Crippen LogP contribution < -0.4 is 4.90 Å². The lowest BCUT2D eigenvalue weighted by atomic mass is 10.2. The Kier molecular flexibility index (Phi) is 5.52. The van der Waals surface area contributed by atoms with Crippen molar-refractivity contribution >= 4 is 32.6 Å². The molecule has 140 valence electrons. The highest BCUT2D eigenvalue weighted by atomic mass is 32.1. The van der Waals surface area contributed by atoms with Crippen molar-refractivity contribution in [3.05, 3.63) is 24.3 Å². The van der Waals surface area contributed by atoms with Crippen molar-refractivity contribution in [2.75, 3.05) is 44.2 Å². The minimum absolute atomic E-state index is 0.167. The lowest BCUT2D eigenvalue weighted by Crippen LogP contribution is -2.52. The van der Waals surface area contributed by atoms with E-state index < -0.39 is 0 Å². The summed E-state index contributed by atoms with van der Waals surface area (Å²) in [4.78, 5) is 24.3. The van der Waals surface area contributed by atoms with E-state index in [9.17, 15) is 4.79 Å². The Morgan fingerprint density at radius 2 is 1.92 bits per heavy atom. The number of nitrogens with zero attached hydrogens (tertiary/aromatic N) is 4. The van der Waals surface area contributed by atoms with Gasteiger partial charge in [-0.25, -0.2) is 4.98 Å². The Morgan fingerprint density at radius 3 is 2.62 bits per heavy atom. The second-order valence-electron chi connectivity index (χ2n) is 7.35. The average molecular weight is 373 g/mol. The van der Waals surface area contributed by atoms with Crippen LogP contribution in [-0.4, -0.2) is 66.0 Å². The first-order chi connectivity index (χ1) is 12.7. The molecule has 0 radical (unpaired) electrons. The minimum Gasteiger partial charge on any atom is -0.298 e. The van der Waals surface area contributed by atoms with Crippen LogP contribution >= 0.6 is 11.3 Å². The van der Waals surface area contributed by atoms with Crippen molar-refractivity contribution < 1.29 is 4.79 Å². The molecule has 0 unspecified atom stereocenters. The van der Waals surface area contributed by atoms with Crippen molar-refractivity contribution in [2.45, 2.75) is 38.6 Å². The van der Waals surface area contributed by atoms with E-state index in [0.29, 0.717) is 13.1 Å². The van der Waals surface area contributed by atoms with E-state index in [0.717, 1.165) is 47.6 Å². The zero-order chi connectivity index (χ0) is 17.9. The minimum atomic E-state index is 0.167. The summed E-state index contributed by atoms with van der Waals surface area (Å²) in [6.07, 6.45) is 5.49. The van der Waals surface area contributed by atoms with Gasteiger partial charge in [-0.15, -0.1) is 0 Å². The first-order valence-corrected chi connectivity index (χ1v) is 10.7. The molecule has 1 saturated carbocycles. The zero-order valence-electron chi connectivity index (χ0n) is 15.6. The largest absolute Gasteiger partial charge is 0.298 e. The van der Waals surface area contributed by atoms with E-state index in [1.165, 1.54) is 25.7 Å². The fourth-order valence-corrected chi connectivity index (χ4v) is 5.27. The van der Waals surface area contributed by atoms with Crippen LogP contribution in [0.15, 0.2) is 24.3 Å². The van der Waals surface area contributed by atoms with Gasteiger partial charge in [0.2, 0.25) is 5.91 Å². The highest BCUT2D eigenvalue weighted by Gasteiger charge is 2.28. The Morgan fingerprint density at radius 1 is 1.19 bits per heavy atom. The standard InChI is InChI=1S/C20H28N4OS/c1-2-24(20-21-17-9-5-6-10-18(17)26-20)19(25)15-22-11-13-23(14-12-22)16-7-3-4-8-16/h5-6,9-10,16H,2-4,7-8,11-15H2,1H3. The molecule has 0 N–H and O–H groups in total. The number of rotatable bonds is 5. The molecular weight excluding hydrogens is 344 g/mol. The second kappa shape index (κ2) is 8.03. The molecule has 0 bridgehead atoms. The number of hydrogen-bond donors (Lipinski definition) is 0. The summed E-state index contributed by atoms with van der Waals surface area (Å²) in [5, 5.41) is 0.822. The Balaban J connectivity index is 1.35. The van der Waals surface area contributed by atoms with Gasteiger partial charge in [0.15, 0.2) is 5.13 Å². The predicted molar refractivity (Wildman–Crippen MR) is 108 cm³/mol. The number of likely N-dealkylation sites (N-methyl/N-ethyl adjacent to an activating group) is 1. The molecule has 2 fully saturated rings. The third-order valence-corrected chi connectivity index (χ3v) is 6.80. The van der Waals surface area contributed by atoms with Gasteiger partial charge in [0.25, 0.3) is 0 Å². The van der Waals surface area contributed by atoms with Gasteiger partial charge in [0.1, 0.15) is 0 Å². The first kappa shape index (κ1) is 17.9. The topological polar surface area (TPSA) is 39.7 Å². The van der Waals surface area contributed by atoms with Crippen molar-refractivity contribution in [3.8, 4) is 0 Å². The van der Waals surface area contributed by atoms with Crippen LogP contribution in [0.1, 0.15) is 32.6 Å². The summed E-state index contributed by atoms with van der Waals surface area (Å²) in [6, 6.07) is 8.88. The summed E-state index contributed by atoms with van der Waals surface area (Å²) in [5.41, 5.74) is 0.976. The molecular formula is C20H28N4OS. The number of amides is 1. The van der Waals surface area contributed by atoms with Gasteiger partial charge in [-0.1, -0.05) is 36.3 Å². The molecule has 2 aliphatic rings. The number of fused-ring (bicyclic) bond motifs is 1. The van der Waals surface area contributed by atoms with Crippen LogP contribution in [0.25, 0.3) is 10.2 Å². The number of aromatic nitrogens is 1.